The van der Waals surface area contributed by atoms with Gasteiger partial charge in [-0.05, 0) is 11.5 Å². The number of carbonyl (C=O) groups excluding carboxylic acids is 2. The average Bonchev–Trinajstić information content (AvgIpc) is 2.61. The van der Waals surface area contributed by atoms with E-state index in [1.165, 1.54) is 7.11 Å². The summed E-state index contributed by atoms with van der Waals surface area (Å²) in [5.74, 6) is -0.750. The zero-order valence-electron chi connectivity index (χ0n) is 15.2. The standard InChI is InChI=1S/C19H29NO4/c1-6-13(2)17(23-4)14(3)18(21)20-16(19(22)24-5)12-15-10-8-7-9-11-15/h7-11,13-14,16-17H,6,12H2,1-5H3,(H,20,21). The number of amides is 1. The van der Waals surface area contributed by atoms with Gasteiger partial charge in [0.05, 0.1) is 19.1 Å². The van der Waals surface area contributed by atoms with Crippen molar-refractivity contribution in [2.24, 2.45) is 11.8 Å². The van der Waals surface area contributed by atoms with Crippen LogP contribution < -0.4 is 5.32 Å². The Morgan fingerprint density at radius 1 is 1.12 bits per heavy atom. The van der Waals surface area contributed by atoms with Crippen LogP contribution in [0, 0.1) is 11.8 Å². The highest BCUT2D eigenvalue weighted by molar-refractivity contribution is 5.86. The van der Waals surface area contributed by atoms with E-state index in [0.717, 1.165) is 12.0 Å². The SMILES string of the molecule is CCC(C)C(OC)C(C)C(=O)NC(Cc1ccccc1)C(=O)OC. The molecule has 0 bridgehead atoms. The van der Waals surface area contributed by atoms with Gasteiger partial charge >= 0.3 is 5.97 Å². The van der Waals surface area contributed by atoms with E-state index in [-0.39, 0.29) is 23.8 Å². The van der Waals surface area contributed by atoms with Crippen LogP contribution in [-0.4, -0.2) is 38.2 Å². The Labute approximate surface area is 144 Å². The van der Waals surface area contributed by atoms with Gasteiger partial charge in [-0.3, -0.25) is 4.79 Å². The molecule has 0 aliphatic carbocycles. The second-order valence-corrected chi connectivity index (χ2v) is 6.15. The van der Waals surface area contributed by atoms with E-state index in [9.17, 15) is 9.59 Å². The Morgan fingerprint density at radius 3 is 2.25 bits per heavy atom. The molecular weight excluding hydrogens is 306 g/mol. The molecule has 4 unspecified atom stereocenters. The summed E-state index contributed by atoms with van der Waals surface area (Å²) in [6.45, 7) is 5.94. The van der Waals surface area contributed by atoms with Crippen LogP contribution in [0.1, 0.15) is 32.8 Å². The molecule has 24 heavy (non-hydrogen) atoms. The van der Waals surface area contributed by atoms with Crippen molar-refractivity contribution in [3.05, 3.63) is 35.9 Å². The lowest BCUT2D eigenvalue weighted by molar-refractivity contribution is -0.146. The van der Waals surface area contributed by atoms with Gasteiger partial charge in [0, 0.05) is 13.5 Å². The van der Waals surface area contributed by atoms with Crippen LogP contribution >= 0.6 is 0 Å². The number of ether oxygens (including phenoxy) is 2. The molecular formula is C19H29NO4. The Hall–Kier alpha value is -1.88. The smallest absolute Gasteiger partial charge is 0.328 e. The van der Waals surface area contributed by atoms with E-state index in [1.54, 1.807) is 7.11 Å². The Balaban J connectivity index is 2.81. The molecule has 0 fully saturated rings. The third kappa shape index (κ3) is 5.64. The van der Waals surface area contributed by atoms with E-state index in [0.29, 0.717) is 6.42 Å². The van der Waals surface area contributed by atoms with Gasteiger partial charge < -0.3 is 14.8 Å². The highest BCUT2D eigenvalue weighted by Crippen LogP contribution is 2.19. The van der Waals surface area contributed by atoms with Crippen molar-refractivity contribution in [1.82, 2.24) is 5.32 Å². The number of hydrogen-bond donors (Lipinski definition) is 1. The van der Waals surface area contributed by atoms with Gasteiger partial charge in [0.25, 0.3) is 0 Å². The fraction of sp³-hybridized carbons (Fsp3) is 0.579. The molecule has 0 saturated heterocycles. The predicted octanol–water partition coefficient (Wildman–Crippen LogP) is 2.58. The van der Waals surface area contributed by atoms with Crippen LogP contribution in [0.25, 0.3) is 0 Å². The third-order valence-corrected chi connectivity index (χ3v) is 4.47. The predicted molar refractivity (Wildman–Crippen MR) is 93.5 cm³/mol. The minimum atomic E-state index is -0.707. The molecule has 0 aliphatic heterocycles. The Morgan fingerprint density at radius 2 is 1.75 bits per heavy atom. The number of nitrogens with one attached hydrogen (secondary N) is 1. The second-order valence-electron chi connectivity index (χ2n) is 6.15. The molecule has 0 heterocycles. The summed E-state index contributed by atoms with van der Waals surface area (Å²) in [7, 11) is 2.94. The number of esters is 1. The van der Waals surface area contributed by atoms with Crippen LogP contribution in [0.3, 0.4) is 0 Å². The molecule has 1 amide bonds. The molecule has 1 aromatic rings. The van der Waals surface area contributed by atoms with Crippen LogP contribution in [0.5, 0.6) is 0 Å². The van der Waals surface area contributed by atoms with Gasteiger partial charge in [-0.25, -0.2) is 4.79 Å². The third-order valence-electron chi connectivity index (χ3n) is 4.47. The van der Waals surface area contributed by atoms with E-state index in [1.807, 2.05) is 37.3 Å². The first-order chi connectivity index (χ1) is 11.4. The van der Waals surface area contributed by atoms with Crippen molar-refractivity contribution < 1.29 is 19.1 Å². The minimum absolute atomic E-state index is 0.190. The molecule has 5 nitrogen and oxygen atoms in total. The van der Waals surface area contributed by atoms with Crippen LogP contribution in [0.4, 0.5) is 0 Å². The van der Waals surface area contributed by atoms with E-state index < -0.39 is 12.0 Å². The molecule has 5 heteroatoms. The molecule has 1 N–H and O–H groups in total. The summed E-state index contributed by atoms with van der Waals surface area (Å²) in [5, 5.41) is 2.82. The van der Waals surface area contributed by atoms with Gasteiger partial charge in [-0.2, -0.15) is 0 Å². The second kappa shape index (κ2) is 10.1. The van der Waals surface area contributed by atoms with E-state index in [4.69, 9.17) is 9.47 Å². The van der Waals surface area contributed by atoms with Crippen molar-refractivity contribution in [2.45, 2.75) is 45.8 Å². The highest BCUT2D eigenvalue weighted by Gasteiger charge is 2.31. The maximum absolute atomic E-state index is 12.6. The van der Waals surface area contributed by atoms with Gasteiger partial charge in [-0.1, -0.05) is 57.5 Å². The molecule has 0 aliphatic rings. The summed E-state index contributed by atoms with van der Waals surface area (Å²) in [4.78, 5) is 24.6. The first-order valence-corrected chi connectivity index (χ1v) is 8.39. The summed E-state index contributed by atoms with van der Waals surface area (Å²) in [6.07, 6.45) is 1.12. The van der Waals surface area contributed by atoms with E-state index in [2.05, 4.69) is 19.2 Å². The van der Waals surface area contributed by atoms with Gasteiger partial charge in [0.2, 0.25) is 5.91 Å². The zero-order valence-corrected chi connectivity index (χ0v) is 15.2. The van der Waals surface area contributed by atoms with E-state index >= 15 is 0 Å². The molecule has 1 aromatic carbocycles. The first kappa shape index (κ1) is 20.2. The van der Waals surface area contributed by atoms with Crippen LogP contribution in [0.15, 0.2) is 30.3 Å². The molecule has 0 saturated carbocycles. The monoisotopic (exact) mass is 335 g/mol. The Bertz CT molecular complexity index is 517. The van der Waals surface area contributed by atoms with Crippen molar-refractivity contribution in [3.8, 4) is 0 Å². The lowest BCUT2D eigenvalue weighted by Gasteiger charge is -2.28. The Kier molecular flexibility index (Phi) is 8.47. The molecule has 0 spiro atoms. The quantitative estimate of drug-likeness (QED) is 0.705. The lowest BCUT2D eigenvalue weighted by atomic mass is 9.90. The molecule has 4 atom stereocenters. The average molecular weight is 335 g/mol. The number of carbonyl (C=O) groups is 2. The number of methoxy groups -OCH3 is 2. The number of benzene rings is 1. The molecule has 1 rings (SSSR count). The summed E-state index contributed by atoms with van der Waals surface area (Å²) >= 11 is 0. The first-order valence-electron chi connectivity index (χ1n) is 8.39. The normalized spacial score (nSPS) is 15.9. The van der Waals surface area contributed by atoms with Crippen molar-refractivity contribution in [3.63, 3.8) is 0 Å². The summed E-state index contributed by atoms with van der Waals surface area (Å²) in [6, 6.07) is 8.84. The van der Waals surface area contributed by atoms with Crippen molar-refractivity contribution in [2.75, 3.05) is 14.2 Å². The zero-order chi connectivity index (χ0) is 18.1. The molecule has 0 aromatic heterocycles. The van der Waals surface area contributed by atoms with Crippen LogP contribution in [0.2, 0.25) is 0 Å². The number of rotatable bonds is 9. The van der Waals surface area contributed by atoms with Gasteiger partial charge in [-0.15, -0.1) is 0 Å². The largest absolute Gasteiger partial charge is 0.467 e. The number of hydrogen-bond acceptors (Lipinski definition) is 4. The van der Waals surface area contributed by atoms with Crippen LogP contribution in [-0.2, 0) is 25.5 Å². The van der Waals surface area contributed by atoms with Crippen molar-refractivity contribution >= 4 is 11.9 Å². The van der Waals surface area contributed by atoms with Gasteiger partial charge in [0.1, 0.15) is 6.04 Å². The maximum Gasteiger partial charge on any atom is 0.328 e. The highest BCUT2D eigenvalue weighted by atomic mass is 16.5. The lowest BCUT2D eigenvalue weighted by Crippen LogP contribution is -2.48. The summed E-state index contributed by atoms with van der Waals surface area (Å²) in [5.41, 5.74) is 0.964. The maximum atomic E-state index is 12.6. The molecule has 0 radical (unpaired) electrons. The fourth-order valence-corrected chi connectivity index (χ4v) is 2.80. The fourth-order valence-electron chi connectivity index (χ4n) is 2.80. The van der Waals surface area contributed by atoms with Crippen molar-refractivity contribution in [1.29, 1.82) is 0 Å². The molecule has 134 valence electrons. The minimum Gasteiger partial charge on any atom is -0.467 e. The van der Waals surface area contributed by atoms with Gasteiger partial charge in [0.15, 0.2) is 0 Å². The topological polar surface area (TPSA) is 64.6 Å². The summed E-state index contributed by atoms with van der Waals surface area (Å²) < 4.78 is 10.3.